The molecule has 3 nitrogen and oxygen atoms in total. The average Bonchev–Trinajstić information content (AvgIpc) is 2.84. The van der Waals surface area contributed by atoms with Crippen molar-refractivity contribution in [3.8, 4) is 0 Å². The summed E-state index contributed by atoms with van der Waals surface area (Å²) in [6.07, 6.45) is 3.23. The predicted octanol–water partition coefficient (Wildman–Crippen LogP) is 2.44. The van der Waals surface area contributed by atoms with E-state index in [1.165, 1.54) is 5.56 Å². The maximum atomic E-state index is 9.55. The lowest BCUT2D eigenvalue weighted by Gasteiger charge is -2.42. The minimum Gasteiger partial charge on any atom is -0.394 e. The summed E-state index contributed by atoms with van der Waals surface area (Å²) in [5, 5.41) is 13.2. The standard InChI is InChI=1S/C15H20BrNO2/c16-13-3-1-11(2-4-13)12-7-14(8-12)17-15(9-18)5-6-19-10-15/h1-4,12,14,17-18H,5-10H2/t12?,14?,15-/m0/s1. The minimum atomic E-state index is -0.185. The Bertz CT molecular complexity index is 422. The third-order valence-corrected chi connectivity index (χ3v) is 4.92. The molecule has 1 aliphatic carbocycles. The molecule has 1 saturated heterocycles. The third-order valence-electron chi connectivity index (χ3n) is 4.40. The Balaban J connectivity index is 1.54. The number of rotatable bonds is 4. The van der Waals surface area contributed by atoms with Gasteiger partial charge in [-0.15, -0.1) is 0 Å². The molecule has 1 atom stereocenters. The first-order valence-corrected chi connectivity index (χ1v) is 7.72. The van der Waals surface area contributed by atoms with Crippen molar-refractivity contribution >= 4 is 15.9 Å². The van der Waals surface area contributed by atoms with Crippen LogP contribution in [0.3, 0.4) is 0 Å². The lowest BCUT2D eigenvalue weighted by Crippen LogP contribution is -2.56. The molecule has 0 unspecified atom stereocenters. The zero-order valence-electron chi connectivity index (χ0n) is 10.9. The second kappa shape index (κ2) is 5.52. The molecule has 0 aromatic heterocycles. The van der Waals surface area contributed by atoms with Crippen LogP contribution in [0.1, 0.15) is 30.7 Å². The Hall–Kier alpha value is -0.420. The summed E-state index contributed by atoms with van der Waals surface area (Å²) in [5.41, 5.74) is 1.23. The van der Waals surface area contributed by atoms with Crippen LogP contribution in [0.25, 0.3) is 0 Å². The third kappa shape index (κ3) is 2.87. The van der Waals surface area contributed by atoms with Gasteiger partial charge in [0.05, 0.1) is 18.8 Å². The molecule has 0 spiro atoms. The minimum absolute atomic E-state index is 0.173. The van der Waals surface area contributed by atoms with Crippen molar-refractivity contribution < 1.29 is 9.84 Å². The van der Waals surface area contributed by atoms with Gasteiger partial charge in [-0.3, -0.25) is 0 Å². The topological polar surface area (TPSA) is 41.5 Å². The summed E-state index contributed by atoms with van der Waals surface area (Å²) in [6, 6.07) is 9.13. The summed E-state index contributed by atoms with van der Waals surface area (Å²) in [5.74, 6) is 0.656. The van der Waals surface area contributed by atoms with Gasteiger partial charge in [0.2, 0.25) is 0 Å². The van der Waals surface area contributed by atoms with Crippen molar-refractivity contribution in [1.29, 1.82) is 0 Å². The van der Waals surface area contributed by atoms with Crippen LogP contribution in [0.4, 0.5) is 0 Å². The second-order valence-corrected chi connectivity index (χ2v) is 6.72. The fourth-order valence-corrected chi connectivity index (χ4v) is 3.33. The quantitative estimate of drug-likeness (QED) is 0.893. The van der Waals surface area contributed by atoms with E-state index in [9.17, 15) is 5.11 Å². The normalized spacial score (nSPS) is 34.2. The predicted molar refractivity (Wildman–Crippen MR) is 78.3 cm³/mol. The number of hydrogen-bond donors (Lipinski definition) is 2. The highest BCUT2D eigenvalue weighted by Crippen LogP contribution is 2.38. The summed E-state index contributed by atoms with van der Waals surface area (Å²) in [4.78, 5) is 0. The fraction of sp³-hybridized carbons (Fsp3) is 0.600. The van der Waals surface area contributed by atoms with Gasteiger partial charge >= 0.3 is 0 Å². The van der Waals surface area contributed by atoms with Gasteiger partial charge in [0, 0.05) is 17.1 Å². The SMILES string of the molecule is OC[C@@]1(NC2CC(c3ccc(Br)cc3)C2)CCOC1. The molecule has 3 rings (SSSR count). The number of aliphatic hydroxyl groups excluding tert-OH is 1. The van der Waals surface area contributed by atoms with E-state index in [4.69, 9.17) is 4.74 Å². The highest BCUT2D eigenvalue weighted by atomic mass is 79.9. The largest absolute Gasteiger partial charge is 0.394 e. The summed E-state index contributed by atoms with van der Waals surface area (Å²) in [6.45, 7) is 1.58. The lowest BCUT2D eigenvalue weighted by atomic mass is 9.75. The number of hydrogen-bond acceptors (Lipinski definition) is 3. The van der Waals surface area contributed by atoms with Crippen LogP contribution in [0.2, 0.25) is 0 Å². The first kappa shape index (κ1) is 13.6. The molecule has 2 aliphatic rings. The monoisotopic (exact) mass is 325 g/mol. The van der Waals surface area contributed by atoms with E-state index in [1.807, 2.05) is 0 Å². The van der Waals surface area contributed by atoms with Gasteiger partial charge in [0.25, 0.3) is 0 Å². The van der Waals surface area contributed by atoms with Gasteiger partial charge in [-0.05, 0) is 42.9 Å². The molecule has 1 saturated carbocycles. The van der Waals surface area contributed by atoms with Crippen molar-refractivity contribution in [2.75, 3.05) is 19.8 Å². The highest BCUT2D eigenvalue weighted by Gasteiger charge is 2.40. The number of aliphatic hydroxyl groups is 1. The second-order valence-electron chi connectivity index (χ2n) is 5.80. The van der Waals surface area contributed by atoms with Gasteiger partial charge in [-0.1, -0.05) is 28.1 Å². The van der Waals surface area contributed by atoms with Crippen LogP contribution in [0.5, 0.6) is 0 Å². The molecule has 2 fully saturated rings. The molecule has 1 heterocycles. The van der Waals surface area contributed by atoms with Crippen LogP contribution >= 0.6 is 15.9 Å². The maximum absolute atomic E-state index is 9.55. The van der Waals surface area contributed by atoms with E-state index in [0.717, 1.165) is 30.3 Å². The van der Waals surface area contributed by atoms with E-state index in [0.29, 0.717) is 18.6 Å². The molecule has 4 heteroatoms. The Morgan fingerprint density at radius 1 is 1.32 bits per heavy atom. The van der Waals surface area contributed by atoms with Gasteiger partial charge in [0.15, 0.2) is 0 Å². The molecular formula is C15H20BrNO2. The highest BCUT2D eigenvalue weighted by molar-refractivity contribution is 9.10. The van der Waals surface area contributed by atoms with E-state index in [2.05, 4.69) is 45.5 Å². The van der Waals surface area contributed by atoms with Crippen LogP contribution in [0.15, 0.2) is 28.7 Å². The molecule has 0 radical (unpaired) electrons. The molecule has 0 amide bonds. The molecule has 1 aliphatic heterocycles. The van der Waals surface area contributed by atoms with Crippen molar-refractivity contribution in [2.45, 2.75) is 36.8 Å². The maximum Gasteiger partial charge on any atom is 0.0675 e. The Morgan fingerprint density at radius 3 is 2.63 bits per heavy atom. The van der Waals surface area contributed by atoms with Gasteiger partial charge in [-0.25, -0.2) is 0 Å². The molecule has 1 aromatic carbocycles. The van der Waals surface area contributed by atoms with Crippen molar-refractivity contribution in [3.05, 3.63) is 34.3 Å². The first-order chi connectivity index (χ1) is 9.21. The van der Waals surface area contributed by atoms with Crippen molar-refractivity contribution in [3.63, 3.8) is 0 Å². The molecule has 1 aromatic rings. The summed E-state index contributed by atoms with van der Waals surface area (Å²) >= 11 is 3.47. The molecule has 19 heavy (non-hydrogen) atoms. The smallest absolute Gasteiger partial charge is 0.0675 e. The average molecular weight is 326 g/mol. The van der Waals surface area contributed by atoms with Crippen molar-refractivity contribution in [2.24, 2.45) is 0 Å². The number of halogens is 1. The van der Waals surface area contributed by atoms with E-state index in [1.54, 1.807) is 0 Å². The Labute approximate surface area is 122 Å². The van der Waals surface area contributed by atoms with Gasteiger partial charge in [0.1, 0.15) is 0 Å². The zero-order chi connectivity index (χ0) is 13.3. The van der Waals surface area contributed by atoms with Crippen LogP contribution in [-0.2, 0) is 4.74 Å². The molecular weight excluding hydrogens is 306 g/mol. The van der Waals surface area contributed by atoms with E-state index in [-0.39, 0.29) is 12.1 Å². The number of nitrogens with one attached hydrogen (secondary N) is 1. The van der Waals surface area contributed by atoms with Gasteiger partial charge in [-0.2, -0.15) is 0 Å². The number of ether oxygens (including phenoxy) is 1. The van der Waals surface area contributed by atoms with Crippen LogP contribution in [0, 0.1) is 0 Å². The fourth-order valence-electron chi connectivity index (χ4n) is 3.07. The van der Waals surface area contributed by atoms with E-state index < -0.39 is 0 Å². The summed E-state index contributed by atoms with van der Waals surface area (Å²) in [7, 11) is 0. The molecule has 0 bridgehead atoms. The number of benzene rings is 1. The first-order valence-electron chi connectivity index (χ1n) is 6.92. The molecule has 104 valence electrons. The summed E-state index contributed by atoms with van der Waals surface area (Å²) < 4.78 is 6.55. The van der Waals surface area contributed by atoms with Crippen LogP contribution in [-0.4, -0.2) is 36.5 Å². The van der Waals surface area contributed by atoms with Crippen LogP contribution < -0.4 is 5.32 Å². The van der Waals surface area contributed by atoms with E-state index >= 15 is 0 Å². The lowest BCUT2D eigenvalue weighted by molar-refractivity contribution is 0.0963. The molecule has 2 N–H and O–H groups in total. The zero-order valence-corrected chi connectivity index (χ0v) is 12.5. The Kier molecular flexibility index (Phi) is 3.94. The van der Waals surface area contributed by atoms with Crippen molar-refractivity contribution in [1.82, 2.24) is 5.32 Å². The Morgan fingerprint density at radius 2 is 2.05 bits per heavy atom. The van der Waals surface area contributed by atoms with Gasteiger partial charge < -0.3 is 15.2 Å².